The van der Waals surface area contributed by atoms with E-state index in [0.717, 1.165) is 28.9 Å². The van der Waals surface area contributed by atoms with Gasteiger partial charge >= 0.3 is 0 Å². The normalized spacial score (nSPS) is 19.3. The SMILES string of the molecule is Cc1n[nH]c(C)c1CCCNC(=O)[C@H]1Cc2ccc(cc2)Oc2ccc(O)c(c2)C(=O)N[C@@H](C(C)C)C(=O)N[C@@H](C)C(=O)N1. The summed E-state index contributed by atoms with van der Waals surface area (Å²) in [6, 6.07) is 8.33. The van der Waals surface area contributed by atoms with Crippen LogP contribution in [0.5, 0.6) is 17.2 Å². The van der Waals surface area contributed by atoms with Crippen LogP contribution in [-0.2, 0) is 27.2 Å². The lowest BCUT2D eigenvalue weighted by molar-refractivity contribution is -0.132. The van der Waals surface area contributed by atoms with Gasteiger partial charge in [-0.05, 0) is 81.0 Å². The van der Waals surface area contributed by atoms with Gasteiger partial charge in [0, 0.05) is 18.7 Å². The van der Waals surface area contributed by atoms with Crippen molar-refractivity contribution in [1.82, 2.24) is 31.5 Å². The molecule has 12 heteroatoms. The van der Waals surface area contributed by atoms with Gasteiger partial charge in [-0.25, -0.2) is 0 Å². The predicted molar refractivity (Wildman–Crippen MR) is 163 cm³/mol. The fourth-order valence-corrected chi connectivity index (χ4v) is 5.00. The number of hydrogen-bond donors (Lipinski definition) is 6. The van der Waals surface area contributed by atoms with Crippen LogP contribution in [0.3, 0.4) is 0 Å². The first-order chi connectivity index (χ1) is 20.9. The van der Waals surface area contributed by atoms with E-state index in [4.69, 9.17) is 4.74 Å². The van der Waals surface area contributed by atoms with Crippen LogP contribution in [0.15, 0.2) is 42.5 Å². The molecule has 44 heavy (non-hydrogen) atoms. The van der Waals surface area contributed by atoms with Crippen molar-refractivity contribution < 1.29 is 29.0 Å². The molecule has 6 N–H and O–H groups in total. The summed E-state index contributed by atoms with van der Waals surface area (Å²) in [5, 5.41) is 28.5. The molecule has 3 heterocycles. The molecule has 2 aliphatic heterocycles. The van der Waals surface area contributed by atoms with Gasteiger partial charge in [0.1, 0.15) is 35.4 Å². The average molecular weight is 605 g/mol. The van der Waals surface area contributed by atoms with Crippen molar-refractivity contribution in [2.45, 2.75) is 72.0 Å². The Morgan fingerprint density at radius 3 is 2.39 bits per heavy atom. The Bertz CT molecular complexity index is 1500. The quantitative estimate of drug-likeness (QED) is 0.185. The van der Waals surface area contributed by atoms with Crippen LogP contribution < -0.4 is 26.0 Å². The minimum atomic E-state index is -1.01. The lowest BCUT2D eigenvalue weighted by atomic mass is 10.0. The third-order valence-electron chi connectivity index (χ3n) is 7.62. The lowest BCUT2D eigenvalue weighted by Crippen LogP contribution is -2.57. The zero-order valence-corrected chi connectivity index (χ0v) is 25.6. The maximum atomic E-state index is 13.3. The number of aromatic amines is 1. The summed E-state index contributed by atoms with van der Waals surface area (Å²) in [6.45, 7) is 9.31. The summed E-state index contributed by atoms with van der Waals surface area (Å²) in [5.74, 6) is -1.99. The van der Waals surface area contributed by atoms with E-state index >= 15 is 0 Å². The summed E-state index contributed by atoms with van der Waals surface area (Å²) in [4.78, 5) is 52.9. The summed E-state index contributed by atoms with van der Waals surface area (Å²) >= 11 is 0. The number of nitrogens with one attached hydrogen (secondary N) is 5. The maximum Gasteiger partial charge on any atom is 0.255 e. The van der Waals surface area contributed by atoms with Crippen LogP contribution in [0.4, 0.5) is 0 Å². The minimum absolute atomic E-state index is 0.0617. The first-order valence-electron chi connectivity index (χ1n) is 14.7. The monoisotopic (exact) mass is 604 g/mol. The largest absolute Gasteiger partial charge is 0.507 e. The van der Waals surface area contributed by atoms with Gasteiger partial charge in [0.25, 0.3) is 5.91 Å². The third-order valence-corrected chi connectivity index (χ3v) is 7.62. The van der Waals surface area contributed by atoms with Crippen LogP contribution in [0.1, 0.15) is 60.1 Å². The Balaban J connectivity index is 1.56. The number of rotatable bonds is 6. The predicted octanol–water partition coefficient (Wildman–Crippen LogP) is 2.57. The average Bonchev–Trinajstić information content (AvgIpc) is 3.30. The fourth-order valence-electron chi connectivity index (χ4n) is 5.00. The first-order valence-corrected chi connectivity index (χ1v) is 14.7. The summed E-state index contributed by atoms with van der Waals surface area (Å²) < 4.78 is 5.91. The fraction of sp³-hybridized carbons (Fsp3) is 0.406. The van der Waals surface area contributed by atoms with E-state index in [-0.39, 0.29) is 29.6 Å². The van der Waals surface area contributed by atoms with E-state index in [0.29, 0.717) is 24.5 Å². The highest BCUT2D eigenvalue weighted by Crippen LogP contribution is 2.28. The topological polar surface area (TPSA) is 175 Å². The molecule has 0 unspecified atom stereocenters. The lowest BCUT2D eigenvalue weighted by Gasteiger charge is -2.25. The zero-order valence-electron chi connectivity index (χ0n) is 25.6. The summed E-state index contributed by atoms with van der Waals surface area (Å²) in [7, 11) is 0. The number of nitrogens with zero attached hydrogens (tertiary/aromatic N) is 1. The summed E-state index contributed by atoms with van der Waals surface area (Å²) in [6.07, 6.45) is 1.63. The van der Waals surface area contributed by atoms with Gasteiger partial charge in [0.05, 0.1) is 11.3 Å². The second-order valence-electron chi connectivity index (χ2n) is 11.4. The Kier molecular flexibility index (Phi) is 10.2. The number of aryl methyl sites for hydroxylation is 2. The number of aromatic nitrogens is 2. The Labute approximate surface area is 256 Å². The number of phenolic OH excluding ortho intramolecular Hbond substituents is 1. The zero-order chi connectivity index (χ0) is 32.0. The van der Waals surface area contributed by atoms with Crippen LogP contribution in [0, 0.1) is 19.8 Å². The maximum absolute atomic E-state index is 13.3. The molecule has 5 rings (SSSR count). The minimum Gasteiger partial charge on any atom is -0.507 e. The molecule has 0 fully saturated rings. The number of carbonyl (C=O) groups is 4. The smallest absolute Gasteiger partial charge is 0.255 e. The van der Waals surface area contributed by atoms with E-state index in [1.165, 1.54) is 25.1 Å². The molecular weight excluding hydrogens is 564 g/mol. The Hall–Kier alpha value is -4.87. The van der Waals surface area contributed by atoms with Crippen molar-refractivity contribution in [3.63, 3.8) is 0 Å². The highest BCUT2D eigenvalue weighted by atomic mass is 16.5. The van der Waals surface area contributed by atoms with Crippen molar-refractivity contribution in [3.05, 3.63) is 70.5 Å². The van der Waals surface area contributed by atoms with Crippen molar-refractivity contribution >= 4 is 23.6 Å². The first kappa shape index (κ1) is 32.1. The van der Waals surface area contributed by atoms with Crippen molar-refractivity contribution in [3.8, 4) is 17.2 Å². The number of phenols is 1. The number of carbonyl (C=O) groups excluding carboxylic acids is 4. The highest BCUT2D eigenvalue weighted by Gasteiger charge is 2.30. The van der Waals surface area contributed by atoms with Gasteiger partial charge in [-0.1, -0.05) is 26.0 Å². The molecule has 2 aliphatic rings. The molecule has 4 amide bonds. The van der Waals surface area contributed by atoms with E-state index in [9.17, 15) is 24.3 Å². The van der Waals surface area contributed by atoms with Crippen LogP contribution >= 0.6 is 0 Å². The molecule has 0 saturated heterocycles. The molecule has 0 spiro atoms. The second-order valence-corrected chi connectivity index (χ2v) is 11.4. The molecule has 0 radical (unpaired) electrons. The molecule has 4 bridgehead atoms. The van der Waals surface area contributed by atoms with Gasteiger partial charge in [0.2, 0.25) is 17.7 Å². The number of ether oxygens (including phenoxy) is 1. The third kappa shape index (κ3) is 7.94. The van der Waals surface area contributed by atoms with Crippen LogP contribution in [-0.4, -0.2) is 63.6 Å². The molecule has 3 atom stereocenters. The molecule has 12 nitrogen and oxygen atoms in total. The second kappa shape index (κ2) is 14.1. The molecule has 3 aromatic rings. The van der Waals surface area contributed by atoms with Crippen molar-refractivity contribution in [2.75, 3.05) is 6.54 Å². The Morgan fingerprint density at radius 2 is 1.73 bits per heavy atom. The summed E-state index contributed by atoms with van der Waals surface area (Å²) in [5.41, 5.74) is 3.76. The molecule has 0 aliphatic carbocycles. The van der Waals surface area contributed by atoms with E-state index < -0.39 is 35.8 Å². The van der Waals surface area contributed by atoms with Gasteiger partial charge in [-0.15, -0.1) is 0 Å². The van der Waals surface area contributed by atoms with E-state index in [1.807, 2.05) is 13.8 Å². The van der Waals surface area contributed by atoms with Gasteiger partial charge < -0.3 is 31.1 Å². The van der Waals surface area contributed by atoms with Crippen LogP contribution in [0.25, 0.3) is 0 Å². The number of benzene rings is 2. The molecule has 2 aromatic carbocycles. The number of H-pyrrole nitrogens is 1. The van der Waals surface area contributed by atoms with E-state index in [1.54, 1.807) is 38.1 Å². The molecule has 234 valence electrons. The highest BCUT2D eigenvalue weighted by molar-refractivity contribution is 6.00. The van der Waals surface area contributed by atoms with Gasteiger partial charge in [-0.2, -0.15) is 5.10 Å². The molecular formula is C32H40N6O6. The molecule has 0 saturated carbocycles. The van der Waals surface area contributed by atoms with Gasteiger partial charge in [-0.3, -0.25) is 24.3 Å². The van der Waals surface area contributed by atoms with Gasteiger partial charge in [0.15, 0.2) is 0 Å². The standard InChI is InChI=1S/C32H40N6O6/c1-17(2)28-32(43)34-20(5)29(40)35-26(31(42)33-14-6-7-24-18(3)37-38-19(24)4)15-21-8-10-22(11-9-21)44-23-12-13-27(39)25(16-23)30(41)36-28/h8-13,16-17,20,26,28,39H,6-7,14-15H2,1-5H3,(H,33,42)(H,34,43)(H,35,40)(H,36,41)(H,37,38)/t20-,26+,28-/m0/s1. The number of amides is 4. The van der Waals surface area contributed by atoms with Crippen molar-refractivity contribution in [2.24, 2.45) is 5.92 Å². The Morgan fingerprint density at radius 1 is 1.02 bits per heavy atom. The number of hydrogen-bond acceptors (Lipinski definition) is 7. The van der Waals surface area contributed by atoms with Crippen LogP contribution in [0.2, 0.25) is 0 Å². The number of fused-ring (bicyclic) bond motifs is 11. The van der Waals surface area contributed by atoms with Crippen molar-refractivity contribution in [1.29, 1.82) is 0 Å². The number of aromatic hydroxyl groups is 1. The molecule has 1 aromatic heterocycles. The van der Waals surface area contributed by atoms with E-state index in [2.05, 4.69) is 31.5 Å².